The molecule has 2 heteroatoms. The topological polar surface area (TPSA) is 0 Å². The van der Waals surface area contributed by atoms with Crippen LogP contribution in [0.4, 0.5) is 0 Å². The molecular weight excluding hydrogens is 136 g/mol. The van der Waals surface area contributed by atoms with E-state index < -0.39 is 0 Å². The highest BCUT2D eigenvalue weighted by molar-refractivity contribution is 6.30. The third-order valence-electron chi connectivity index (χ3n) is 1.78. The van der Waals surface area contributed by atoms with E-state index in [9.17, 15) is 0 Å². The van der Waals surface area contributed by atoms with Gasteiger partial charge < -0.3 is 0 Å². The maximum Gasteiger partial charge on any atom is 0.0408 e. The summed E-state index contributed by atoms with van der Waals surface area (Å²) >= 11 is 6.04. The van der Waals surface area contributed by atoms with Crippen molar-refractivity contribution in [2.45, 2.75) is 37.6 Å². The molecule has 0 saturated heterocycles. The minimum absolute atomic E-state index is 0.0285. The molecule has 0 aromatic rings. The highest BCUT2D eigenvalue weighted by Crippen LogP contribution is 2.38. The molecule has 0 aliphatic heterocycles. The molecule has 0 spiro atoms. The number of rotatable bonds is 1. The van der Waals surface area contributed by atoms with Gasteiger partial charge in [0.2, 0.25) is 0 Å². The van der Waals surface area contributed by atoms with Gasteiger partial charge in [0.25, 0.3) is 0 Å². The molecule has 0 aliphatic rings. The van der Waals surface area contributed by atoms with Crippen LogP contribution in [-0.2, 0) is 0 Å². The molecule has 0 nitrogen and oxygen atoms in total. The molecule has 0 heterocycles. The molecule has 0 radical (unpaired) electrons. The van der Waals surface area contributed by atoms with Crippen LogP contribution in [0.15, 0.2) is 0 Å². The summed E-state index contributed by atoms with van der Waals surface area (Å²) in [4.78, 5) is -0.0285. The van der Waals surface area contributed by atoms with Crippen molar-refractivity contribution in [3.63, 3.8) is 0 Å². The predicted molar refractivity (Wildman–Crippen MR) is 43.9 cm³/mol. The molecule has 0 N–H and O–H groups in total. The van der Waals surface area contributed by atoms with Crippen molar-refractivity contribution < 1.29 is 0 Å². The lowest BCUT2D eigenvalue weighted by Crippen LogP contribution is -2.26. The van der Waals surface area contributed by atoms with Gasteiger partial charge in [0, 0.05) is 15.1 Å². The monoisotopic (exact) mass is 150 g/mol. The van der Waals surface area contributed by atoms with Crippen LogP contribution in [0, 0.1) is 0 Å². The molecule has 0 aromatic heterocycles. The lowest BCUT2D eigenvalue weighted by molar-refractivity contribution is 0.517. The van der Waals surface area contributed by atoms with E-state index >= 15 is 0 Å². The summed E-state index contributed by atoms with van der Waals surface area (Å²) in [5.41, 5.74) is 0. The maximum absolute atomic E-state index is 6.04. The molecule has 0 rings (SSSR count). The van der Waals surface area contributed by atoms with E-state index in [-0.39, 0.29) is 4.87 Å². The van der Waals surface area contributed by atoms with Crippen LogP contribution < -0.4 is 0 Å². The quantitative estimate of drug-likeness (QED) is 0.393. The number of halogens is 1. The van der Waals surface area contributed by atoms with E-state index in [1.807, 2.05) is 0 Å². The summed E-state index contributed by atoms with van der Waals surface area (Å²) in [6.45, 7) is 8.54. The Labute approximate surface area is 60.0 Å². The Hall–Kier alpha value is 0.507. The first-order chi connectivity index (χ1) is 3.25. The Morgan fingerprint density at radius 3 is 1.25 bits per heavy atom. The zero-order valence-corrected chi connectivity index (χ0v) is 9.13. The SMILES string of the molecule is CC(C)([SiH3])C(C)(C)Cl. The van der Waals surface area contributed by atoms with E-state index in [1.54, 1.807) is 0 Å². The van der Waals surface area contributed by atoms with E-state index in [4.69, 9.17) is 11.6 Å². The van der Waals surface area contributed by atoms with Gasteiger partial charge in [-0.25, -0.2) is 0 Å². The summed E-state index contributed by atoms with van der Waals surface area (Å²) in [5, 5.41) is 0.342. The Bertz CT molecular complexity index is 63.5. The van der Waals surface area contributed by atoms with E-state index in [0.717, 1.165) is 10.2 Å². The molecule has 0 aromatic carbocycles. The van der Waals surface area contributed by atoms with Crippen molar-refractivity contribution in [1.29, 1.82) is 0 Å². The van der Waals surface area contributed by atoms with Crippen molar-refractivity contribution in [2.24, 2.45) is 0 Å². The Morgan fingerprint density at radius 1 is 1.12 bits per heavy atom. The average molecular weight is 151 g/mol. The second kappa shape index (κ2) is 2.03. The van der Waals surface area contributed by atoms with Gasteiger partial charge in [-0.15, -0.1) is 11.6 Å². The van der Waals surface area contributed by atoms with Crippen LogP contribution in [0.1, 0.15) is 27.7 Å². The molecule has 0 fully saturated rings. The third kappa shape index (κ3) is 2.18. The normalized spacial score (nSPS) is 14.6. The van der Waals surface area contributed by atoms with E-state index in [1.165, 1.54) is 0 Å². The van der Waals surface area contributed by atoms with Crippen LogP contribution in [0.3, 0.4) is 0 Å². The molecular formula is C6H15ClSi. The molecule has 0 bridgehead atoms. The van der Waals surface area contributed by atoms with Gasteiger partial charge in [-0.1, -0.05) is 13.8 Å². The zero-order chi connectivity index (χ0) is 7.00. The fourth-order valence-corrected chi connectivity index (χ4v) is 0. The summed E-state index contributed by atoms with van der Waals surface area (Å²) in [7, 11) is 1.16. The lowest BCUT2D eigenvalue weighted by atomic mass is 9.98. The van der Waals surface area contributed by atoms with Crippen LogP contribution in [-0.4, -0.2) is 15.1 Å². The van der Waals surface area contributed by atoms with Crippen LogP contribution in [0.2, 0.25) is 5.04 Å². The first-order valence-corrected chi connectivity index (χ1v) is 4.32. The molecule has 0 amide bonds. The largest absolute Gasteiger partial charge is 0.120 e. The second-order valence-corrected chi connectivity index (χ2v) is 7.17. The van der Waals surface area contributed by atoms with E-state index in [0.29, 0.717) is 5.04 Å². The fourth-order valence-electron chi connectivity index (χ4n) is 0. The lowest BCUT2D eigenvalue weighted by Gasteiger charge is -2.32. The number of hydrogen-bond acceptors (Lipinski definition) is 0. The highest BCUT2D eigenvalue weighted by atomic mass is 35.5. The summed E-state index contributed by atoms with van der Waals surface area (Å²) < 4.78 is 0. The maximum atomic E-state index is 6.04. The molecule has 0 saturated carbocycles. The number of hydrogen-bond donors (Lipinski definition) is 0. The Balaban J connectivity index is 4.02. The molecule has 8 heavy (non-hydrogen) atoms. The van der Waals surface area contributed by atoms with Crippen molar-refractivity contribution in [3.8, 4) is 0 Å². The van der Waals surface area contributed by atoms with Crippen LogP contribution in [0.25, 0.3) is 0 Å². The minimum atomic E-state index is -0.0285. The van der Waals surface area contributed by atoms with Gasteiger partial charge in [-0.05, 0) is 18.9 Å². The Morgan fingerprint density at radius 2 is 1.25 bits per heavy atom. The summed E-state index contributed by atoms with van der Waals surface area (Å²) in [6.07, 6.45) is 0. The molecule has 0 aliphatic carbocycles. The van der Waals surface area contributed by atoms with Gasteiger partial charge in [0.15, 0.2) is 0 Å². The molecule has 0 atom stereocenters. The zero-order valence-electron chi connectivity index (χ0n) is 6.38. The minimum Gasteiger partial charge on any atom is -0.120 e. The Kier molecular flexibility index (Phi) is 2.16. The van der Waals surface area contributed by atoms with Crippen LogP contribution in [0.5, 0.6) is 0 Å². The van der Waals surface area contributed by atoms with Crippen molar-refractivity contribution >= 4 is 21.8 Å². The summed E-state index contributed by atoms with van der Waals surface area (Å²) in [6, 6.07) is 0. The van der Waals surface area contributed by atoms with Crippen molar-refractivity contribution in [2.75, 3.05) is 0 Å². The smallest absolute Gasteiger partial charge is 0.0408 e. The first-order valence-electron chi connectivity index (χ1n) is 2.94. The fraction of sp³-hybridized carbons (Fsp3) is 1.00. The second-order valence-electron chi connectivity index (χ2n) is 3.72. The first kappa shape index (κ1) is 8.51. The molecule has 0 unspecified atom stereocenters. The van der Waals surface area contributed by atoms with E-state index in [2.05, 4.69) is 27.7 Å². The van der Waals surface area contributed by atoms with Crippen LogP contribution >= 0.6 is 11.6 Å². The van der Waals surface area contributed by atoms with Gasteiger partial charge in [-0.2, -0.15) is 0 Å². The average Bonchev–Trinajstić information content (AvgIpc) is 1.25. The van der Waals surface area contributed by atoms with Crippen molar-refractivity contribution in [3.05, 3.63) is 0 Å². The summed E-state index contributed by atoms with van der Waals surface area (Å²) in [5.74, 6) is 0. The predicted octanol–water partition coefficient (Wildman–Crippen LogP) is 1.57. The molecule has 50 valence electrons. The standard InChI is InChI=1S/C6H15ClSi/c1-5(2,7)6(3,4)8/h1-4,8H3. The van der Waals surface area contributed by atoms with Crippen molar-refractivity contribution in [1.82, 2.24) is 0 Å². The van der Waals surface area contributed by atoms with Gasteiger partial charge >= 0.3 is 0 Å². The van der Waals surface area contributed by atoms with Gasteiger partial charge in [0.1, 0.15) is 0 Å². The highest BCUT2D eigenvalue weighted by Gasteiger charge is 2.29. The van der Waals surface area contributed by atoms with Gasteiger partial charge in [0.05, 0.1) is 0 Å². The number of alkyl halides is 1. The van der Waals surface area contributed by atoms with Gasteiger partial charge in [-0.3, -0.25) is 0 Å². The third-order valence-corrected chi connectivity index (χ3v) is 3.92.